The molecule has 0 heterocycles. The second-order valence-corrected chi connectivity index (χ2v) is 21.8. The van der Waals surface area contributed by atoms with E-state index in [0.717, 1.165) is 86.5 Å². The highest BCUT2D eigenvalue weighted by atomic mass is 32.2. The highest BCUT2D eigenvalue weighted by Crippen LogP contribution is 2.69. The molecule has 16 atom stereocenters. The molecule has 0 aromatic carbocycles. The van der Waals surface area contributed by atoms with Crippen molar-refractivity contribution in [3.63, 3.8) is 0 Å². The van der Waals surface area contributed by atoms with Crippen molar-refractivity contribution in [2.24, 2.45) is 69.0 Å². The predicted molar refractivity (Wildman–Crippen MR) is 192 cm³/mol. The summed E-state index contributed by atoms with van der Waals surface area (Å²) in [5, 5.41) is 45.4. The van der Waals surface area contributed by atoms with Crippen LogP contribution in [0.3, 0.4) is 0 Å². The van der Waals surface area contributed by atoms with Gasteiger partial charge < -0.3 is 20.4 Å². The minimum atomic E-state index is -0.510. The number of hydrogen-bond acceptors (Lipinski definition) is 5. The molecule has 5 heteroatoms. The highest BCUT2D eigenvalue weighted by Gasteiger charge is 2.63. The van der Waals surface area contributed by atoms with Gasteiger partial charge in [0.05, 0.1) is 23.4 Å². The van der Waals surface area contributed by atoms with E-state index in [1.54, 1.807) is 0 Å². The summed E-state index contributed by atoms with van der Waals surface area (Å²) < 4.78 is 0. The van der Waals surface area contributed by atoms with Crippen molar-refractivity contribution in [1.82, 2.24) is 0 Å². The molecule has 0 aliphatic heterocycles. The maximum absolute atomic E-state index is 11.9. The summed E-state index contributed by atoms with van der Waals surface area (Å²) in [4.78, 5) is 0. The molecule has 8 fully saturated rings. The van der Waals surface area contributed by atoms with Crippen LogP contribution in [-0.4, -0.2) is 55.3 Å². The number of rotatable bonds is 6. The van der Waals surface area contributed by atoms with Gasteiger partial charge in [-0.2, -0.15) is 11.8 Å². The molecule has 0 aromatic rings. The molecule has 0 amide bonds. The van der Waals surface area contributed by atoms with Crippen LogP contribution in [0.15, 0.2) is 0 Å². The third-order valence-corrected chi connectivity index (χ3v) is 20.0. The van der Waals surface area contributed by atoms with Crippen LogP contribution in [0.4, 0.5) is 0 Å². The van der Waals surface area contributed by atoms with Gasteiger partial charge in [0.1, 0.15) is 0 Å². The Kier molecular flexibility index (Phi) is 8.65. The van der Waals surface area contributed by atoms with Crippen molar-refractivity contribution in [1.29, 1.82) is 0 Å². The average Bonchev–Trinajstić information content (AvgIpc) is 3.52. The molecule has 8 aliphatic rings. The quantitative estimate of drug-likeness (QED) is 0.213. The molecular weight excluding hydrogens is 601 g/mol. The van der Waals surface area contributed by atoms with E-state index in [0.29, 0.717) is 34.5 Å². The molecule has 8 rings (SSSR count). The van der Waals surface area contributed by atoms with E-state index < -0.39 is 11.2 Å². The van der Waals surface area contributed by atoms with E-state index in [4.69, 9.17) is 0 Å². The fraction of sp³-hybridized carbons (Fsp3) is 1.00. The van der Waals surface area contributed by atoms with Crippen LogP contribution in [0.1, 0.15) is 156 Å². The molecule has 16 unspecified atom stereocenters. The van der Waals surface area contributed by atoms with Crippen molar-refractivity contribution < 1.29 is 20.4 Å². The van der Waals surface area contributed by atoms with Crippen LogP contribution in [0.25, 0.3) is 0 Å². The second-order valence-electron chi connectivity index (χ2n) is 20.6. The lowest BCUT2D eigenvalue weighted by atomic mass is 9.44. The Labute approximate surface area is 291 Å². The fourth-order valence-electron chi connectivity index (χ4n) is 15.7. The van der Waals surface area contributed by atoms with Gasteiger partial charge >= 0.3 is 0 Å². The molecule has 0 spiro atoms. The number of fused-ring (bicyclic) bond motifs is 10. The normalized spacial score (nSPS) is 58.5. The Balaban J connectivity index is 0.810. The standard InChI is InChI=1S/C42H70O4S/c1-37-17-19-41(45,25-27(37)5-7-29-31-9-11-35(43)39(31,3)15-13-33(29)37)21-23-47-24-22-42(46)20-18-38(2)28(26-42)6-8-30-32-10-12-36(44)40(32,4)16-14-34(30)38/h27-36,43-46H,5-26H2,1-4H3. The first-order chi connectivity index (χ1) is 22.2. The summed E-state index contributed by atoms with van der Waals surface area (Å²) in [6, 6.07) is 0. The summed E-state index contributed by atoms with van der Waals surface area (Å²) in [5.41, 5.74) is 0.0168. The van der Waals surface area contributed by atoms with Crippen LogP contribution in [0.2, 0.25) is 0 Å². The number of aliphatic hydroxyl groups excluding tert-OH is 2. The Morgan fingerprint density at radius 1 is 0.468 bits per heavy atom. The van der Waals surface area contributed by atoms with Gasteiger partial charge in [-0.15, -0.1) is 0 Å². The summed E-state index contributed by atoms with van der Waals surface area (Å²) in [6.45, 7) is 9.95. The maximum Gasteiger partial charge on any atom is 0.0658 e. The third kappa shape index (κ3) is 5.32. The van der Waals surface area contributed by atoms with Crippen LogP contribution in [-0.2, 0) is 0 Å². The van der Waals surface area contributed by atoms with Crippen molar-refractivity contribution >= 4 is 11.8 Å². The smallest absolute Gasteiger partial charge is 0.0658 e. The minimum Gasteiger partial charge on any atom is -0.393 e. The molecule has 47 heavy (non-hydrogen) atoms. The van der Waals surface area contributed by atoms with Gasteiger partial charge in [0.2, 0.25) is 0 Å². The Morgan fingerprint density at radius 2 is 0.872 bits per heavy atom. The van der Waals surface area contributed by atoms with Crippen molar-refractivity contribution in [2.75, 3.05) is 11.5 Å². The molecule has 8 aliphatic carbocycles. The Hall–Kier alpha value is 0.190. The monoisotopic (exact) mass is 670 g/mol. The van der Waals surface area contributed by atoms with E-state index in [1.165, 1.54) is 77.0 Å². The van der Waals surface area contributed by atoms with Gasteiger partial charge in [-0.05, 0) is 209 Å². The first-order valence-corrected chi connectivity index (χ1v) is 21.8. The number of hydrogen-bond donors (Lipinski definition) is 4. The topological polar surface area (TPSA) is 80.9 Å². The molecule has 0 bridgehead atoms. The van der Waals surface area contributed by atoms with E-state index in [-0.39, 0.29) is 23.0 Å². The minimum absolute atomic E-state index is 0.0938. The first-order valence-electron chi connectivity index (χ1n) is 20.6. The van der Waals surface area contributed by atoms with Gasteiger partial charge in [0, 0.05) is 0 Å². The van der Waals surface area contributed by atoms with Crippen LogP contribution < -0.4 is 0 Å². The Morgan fingerprint density at radius 3 is 1.30 bits per heavy atom. The highest BCUT2D eigenvalue weighted by molar-refractivity contribution is 7.99. The lowest BCUT2D eigenvalue weighted by Crippen LogP contribution is -2.56. The molecular formula is C42H70O4S. The zero-order valence-corrected chi connectivity index (χ0v) is 31.3. The van der Waals surface area contributed by atoms with Gasteiger partial charge in [-0.1, -0.05) is 27.7 Å². The van der Waals surface area contributed by atoms with Gasteiger partial charge in [0.25, 0.3) is 0 Å². The average molecular weight is 671 g/mol. The zero-order chi connectivity index (χ0) is 33.0. The predicted octanol–water partition coefficient (Wildman–Crippen LogP) is 8.77. The molecule has 0 radical (unpaired) electrons. The molecule has 0 saturated heterocycles. The molecule has 4 N–H and O–H groups in total. The second kappa shape index (κ2) is 11.9. The van der Waals surface area contributed by atoms with Gasteiger partial charge in [-0.25, -0.2) is 0 Å². The van der Waals surface area contributed by atoms with E-state index in [2.05, 4.69) is 27.7 Å². The van der Waals surface area contributed by atoms with Crippen molar-refractivity contribution in [2.45, 2.75) is 180 Å². The third-order valence-electron chi connectivity index (χ3n) is 19.0. The van der Waals surface area contributed by atoms with E-state index >= 15 is 0 Å². The van der Waals surface area contributed by atoms with Gasteiger partial charge in [-0.3, -0.25) is 0 Å². The van der Waals surface area contributed by atoms with Gasteiger partial charge in [0.15, 0.2) is 0 Å². The van der Waals surface area contributed by atoms with Crippen LogP contribution >= 0.6 is 11.8 Å². The summed E-state index contributed by atoms with van der Waals surface area (Å²) in [5.74, 6) is 7.86. The summed E-state index contributed by atoms with van der Waals surface area (Å²) >= 11 is 1.98. The molecule has 4 nitrogen and oxygen atoms in total. The lowest BCUT2D eigenvalue weighted by Gasteiger charge is -2.62. The molecule has 0 aromatic heterocycles. The Bertz CT molecular complexity index is 1090. The largest absolute Gasteiger partial charge is 0.393 e. The van der Waals surface area contributed by atoms with E-state index in [9.17, 15) is 20.4 Å². The SMILES string of the molecule is CC12CCC3C(CCC4CC(O)(CCSCCC5(O)CCC6(C)C(CCC7C8CCC(O)C8(C)CCC76)C5)CCC43C)C1CCC2O. The zero-order valence-electron chi connectivity index (χ0n) is 30.5. The van der Waals surface area contributed by atoms with Crippen molar-refractivity contribution in [3.05, 3.63) is 0 Å². The van der Waals surface area contributed by atoms with Crippen LogP contribution in [0, 0.1) is 69.0 Å². The lowest BCUT2D eigenvalue weighted by molar-refractivity contribution is -0.155. The number of aliphatic hydroxyl groups is 4. The van der Waals surface area contributed by atoms with Crippen molar-refractivity contribution in [3.8, 4) is 0 Å². The maximum atomic E-state index is 11.9. The van der Waals surface area contributed by atoms with Crippen LogP contribution in [0.5, 0.6) is 0 Å². The molecule has 268 valence electrons. The summed E-state index contributed by atoms with van der Waals surface area (Å²) in [6.07, 6.45) is 22.4. The molecule has 8 saturated carbocycles. The fourth-order valence-corrected chi connectivity index (χ4v) is 16.9. The first kappa shape index (κ1) is 34.3. The number of thioether (sulfide) groups is 1. The van der Waals surface area contributed by atoms with E-state index in [1.807, 2.05) is 11.8 Å². The summed E-state index contributed by atoms with van der Waals surface area (Å²) in [7, 11) is 0.